The van der Waals surface area contributed by atoms with Crippen LogP contribution in [0.3, 0.4) is 0 Å². The molecule has 19 heavy (non-hydrogen) atoms. The van der Waals surface area contributed by atoms with Crippen LogP contribution in [-0.2, 0) is 10.5 Å². The van der Waals surface area contributed by atoms with E-state index in [2.05, 4.69) is 10.3 Å². The van der Waals surface area contributed by atoms with Crippen molar-refractivity contribution in [1.82, 2.24) is 10.3 Å². The maximum absolute atomic E-state index is 11.9. The van der Waals surface area contributed by atoms with Gasteiger partial charge in [0.15, 0.2) is 0 Å². The number of carbonyl (C=O) groups excluding carboxylic acids is 1. The molecule has 108 valence electrons. The van der Waals surface area contributed by atoms with Crippen molar-refractivity contribution in [1.29, 1.82) is 0 Å². The number of thiazole rings is 1. The van der Waals surface area contributed by atoms with Crippen LogP contribution in [0.15, 0.2) is 5.38 Å². The highest BCUT2D eigenvalue weighted by Crippen LogP contribution is 2.17. The van der Waals surface area contributed by atoms with Crippen molar-refractivity contribution in [3.05, 3.63) is 16.1 Å². The van der Waals surface area contributed by atoms with Crippen LogP contribution in [0.5, 0.6) is 0 Å². The molecule has 1 unspecified atom stereocenters. The second-order valence-electron chi connectivity index (χ2n) is 4.79. The van der Waals surface area contributed by atoms with E-state index in [9.17, 15) is 4.79 Å². The first-order chi connectivity index (χ1) is 8.99. The summed E-state index contributed by atoms with van der Waals surface area (Å²) in [6.07, 6.45) is 1.40. The lowest BCUT2D eigenvalue weighted by Crippen LogP contribution is -2.46. The maximum atomic E-state index is 11.9. The van der Waals surface area contributed by atoms with E-state index in [1.54, 1.807) is 23.1 Å². The Morgan fingerprint density at radius 2 is 2.37 bits per heavy atom. The van der Waals surface area contributed by atoms with Crippen LogP contribution in [0.4, 0.5) is 0 Å². The standard InChI is InChI=1S/C13H22N2O2S2/c1-4-13(3,5-6-16)15-12(17)9-18-7-11-8-19-10(2)14-11/h8,16H,4-7,9H2,1-3H3,(H,15,17). The van der Waals surface area contributed by atoms with Crippen LogP contribution in [0.1, 0.15) is 37.4 Å². The molecule has 0 aliphatic heterocycles. The molecular formula is C13H22N2O2S2. The average Bonchev–Trinajstić information content (AvgIpc) is 2.75. The van der Waals surface area contributed by atoms with Crippen molar-refractivity contribution < 1.29 is 9.90 Å². The molecule has 2 N–H and O–H groups in total. The molecule has 1 aromatic heterocycles. The number of aryl methyl sites for hydroxylation is 1. The summed E-state index contributed by atoms with van der Waals surface area (Å²) in [6, 6.07) is 0. The molecule has 0 spiro atoms. The highest BCUT2D eigenvalue weighted by Gasteiger charge is 2.23. The SMILES string of the molecule is CCC(C)(CCO)NC(=O)CSCc1csc(C)n1. The number of aliphatic hydroxyl groups is 1. The third kappa shape index (κ3) is 5.93. The van der Waals surface area contributed by atoms with Crippen molar-refractivity contribution in [3.63, 3.8) is 0 Å². The lowest BCUT2D eigenvalue weighted by molar-refractivity contribution is -0.120. The highest BCUT2D eigenvalue weighted by molar-refractivity contribution is 7.99. The number of carbonyl (C=O) groups is 1. The van der Waals surface area contributed by atoms with Crippen LogP contribution in [0, 0.1) is 6.92 Å². The van der Waals surface area contributed by atoms with Gasteiger partial charge in [0.25, 0.3) is 0 Å². The number of thioether (sulfide) groups is 1. The first-order valence-corrected chi connectivity index (χ1v) is 8.43. The van der Waals surface area contributed by atoms with Gasteiger partial charge in [-0.25, -0.2) is 4.98 Å². The number of hydrogen-bond acceptors (Lipinski definition) is 5. The number of rotatable bonds is 8. The molecule has 0 aromatic carbocycles. The van der Waals surface area contributed by atoms with Crippen LogP contribution in [0.25, 0.3) is 0 Å². The van der Waals surface area contributed by atoms with E-state index in [1.165, 1.54) is 0 Å². The van der Waals surface area contributed by atoms with Gasteiger partial charge in [-0.05, 0) is 26.7 Å². The van der Waals surface area contributed by atoms with Gasteiger partial charge in [0.2, 0.25) is 5.91 Å². The Morgan fingerprint density at radius 1 is 1.63 bits per heavy atom. The molecular weight excluding hydrogens is 280 g/mol. The minimum absolute atomic E-state index is 0.0229. The second-order valence-corrected chi connectivity index (χ2v) is 6.83. The van der Waals surface area contributed by atoms with Gasteiger partial charge in [0.05, 0.1) is 16.5 Å². The van der Waals surface area contributed by atoms with E-state index in [0.717, 1.165) is 22.9 Å². The van der Waals surface area contributed by atoms with E-state index < -0.39 is 0 Å². The Labute approximate surface area is 123 Å². The topological polar surface area (TPSA) is 62.2 Å². The fourth-order valence-corrected chi connectivity index (χ4v) is 3.10. The van der Waals surface area contributed by atoms with Gasteiger partial charge in [0, 0.05) is 23.3 Å². The normalized spacial score (nSPS) is 14.1. The summed E-state index contributed by atoms with van der Waals surface area (Å²) in [6.45, 7) is 6.06. The molecule has 6 heteroatoms. The van der Waals surface area contributed by atoms with E-state index in [-0.39, 0.29) is 18.1 Å². The first-order valence-electron chi connectivity index (χ1n) is 6.39. The molecule has 0 bridgehead atoms. The number of aliphatic hydroxyl groups excluding tert-OH is 1. The number of hydrogen-bond donors (Lipinski definition) is 2. The molecule has 1 rings (SSSR count). The quantitative estimate of drug-likeness (QED) is 0.774. The third-order valence-corrected chi connectivity index (χ3v) is 4.82. The van der Waals surface area contributed by atoms with E-state index in [0.29, 0.717) is 12.2 Å². The summed E-state index contributed by atoms with van der Waals surface area (Å²) in [7, 11) is 0. The zero-order chi connectivity index (χ0) is 14.3. The summed E-state index contributed by atoms with van der Waals surface area (Å²) < 4.78 is 0. The van der Waals surface area contributed by atoms with Crippen molar-refractivity contribution in [3.8, 4) is 0 Å². The lowest BCUT2D eigenvalue weighted by Gasteiger charge is -2.28. The van der Waals surface area contributed by atoms with Crippen LogP contribution >= 0.6 is 23.1 Å². The predicted octanol–water partition coefficient (Wildman–Crippen LogP) is 2.35. The lowest BCUT2D eigenvalue weighted by atomic mass is 9.95. The monoisotopic (exact) mass is 302 g/mol. The van der Waals surface area contributed by atoms with Crippen molar-refractivity contribution in [2.24, 2.45) is 0 Å². The van der Waals surface area contributed by atoms with Gasteiger partial charge in [0.1, 0.15) is 0 Å². The van der Waals surface area contributed by atoms with E-state index >= 15 is 0 Å². The molecule has 1 heterocycles. The van der Waals surface area contributed by atoms with Crippen LogP contribution in [0.2, 0.25) is 0 Å². The smallest absolute Gasteiger partial charge is 0.230 e. The Bertz CT molecular complexity index is 409. The van der Waals surface area contributed by atoms with Gasteiger partial charge < -0.3 is 10.4 Å². The van der Waals surface area contributed by atoms with Crippen molar-refractivity contribution in [2.45, 2.75) is 44.9 Å². The van der Waals surface area contributed by atoms with Gasteiger partial charge in [-0.2, -0.15) is 0 Å². The molecule has 0 aliphatic rings. The molecule has 4 nitrogen and oxygen atoms in total. The summed E-state index contributed by atoms with van der Waals surface area (Å²) in [4.78, 5) is 16.2. The Balaban J connectivity index is 2.31. The minimum Gasteiger partial charge on any atom is -0.396 e. The zero-order valence-electron chi connectivity index (χ0n) is 11.7. The molecule has 1 amide bonds. The summed E-state index contributed by atoms with van der Waals surface area (Å²) in [5.74, 6) is 1.22. The molecule has 1 atom stereocenters. The predicted molar refractivity (Wildman–Crippen MR) is 81.6 cm³/mol. The highest BCUT2D eigenvalue weighted by atomic mass is 32.2. The summed E-state index contributed by atoms with van der Waals surface area (Å²) in [5.41, 5.74) is 0.734. The largest absolute Gasteiger partial charge is 0.396 e. The van der Waals surface area contributed by atoms with Gasteiger partial charge in [-0.15, -0.1) is 23.1 Å². The maximum Gasteiger partial charge on any atom is 0.230 e. The van der Waals surface area contributed by atoms with Gasteiger partial charge >= 0.3 is 0 Å². The zero-order valence-corrected chi connectivity index (χ0v) is 13.4. The number of nitrogens with zero attached hydrogens (tertiary/aromatic N) is 1. The Hall–Kier alpha value is -0.590. The molecule has 0 saturated carbocycles. The molecule has 0 radical (unpaired) electrons. The van der Waals surface area contributed by atoms with Crippen molar-refractivity contribution in [2.75, 3.05) is 12.4 Å². The molecule has 1 aromatic rings. The van der Waals surface area contributed by atoms with Gasteiger partial charge in [-0.1, -0.05) is 6.92 Å². The fraction of sp³-hybridized carbons (Fsp3) is 0.692. The second kappa shape index (κ2) is 7.87. The summed E-state index contributed by atoms with van der Waals surface area (Å²) in [5, 5.41) is 15.1. The number of aromatic nitrogens is 1. The third-order valence-electron chi connectivity index (χ3n) is 3.03. The van der Waals surface area contributed by atoms with Crippen molar-refractivity contribution >= 4 is 29.0 Å². The number of amides is 1. The summed E-state index contributed by atoms with van der Waals surface area (Å²) >= 11 is 3.20. The van der Waals surface area contributed by atoms with E-state index in [4.69, 9.17) is 5.11 Å². The van der Waals surface area contributed by atoms with Crippen LogP contribution in [-0.4, -0.2) is 33.9 Å². The first kappa shape index (κ1) is 16.5. The Kier molecular flexibility index (Phi) is 6.82. The average molecular weight is 302 g/mol. The molecule has 0 fully saturated rings. The fourth-order valence-electron chi connectivity index (χ4n) is 1.67. The molecule has 0 saturated heterocycles. The molecule has 0 aliphatic carbocycles. The van der Waals surface area contributed by atoms with Crippen LogP contribution < -0.4 is 5.32 Å². The number of nitrogens with one attached hydrogen (secondary N) is 1. The van der Waals surface area contributed by atoms with E-state index in [1.807, 2.05) is 26.2 Å². The minimum atomic E-state index is -0.302. The Morgan fingerprint density at radius 3 is 2.89 bits per heavy atom. The van der Waals surface area contributed by atoms with Gasteiger partial charge in [-0.3, -0.25) is 4.79 Å².